The van der Waals surface area contributed by atoms with E-state index in [4.69, 9.17) is 4.98 Å². The van der Waals surface area contributed by atoms with Crippen LogP contribution in [0.25, 0.3) is 11.0 Å². The lowest BCUT2D eigenvalue weighted by atomic mass is 10.3. The van der Waals surface area contributed by atoms with Crippen molar-refractivity contribution in [2.24, 2.45) is 0 Å². The van der Waals surface area contributed by atoms with Gasteiger partial charge in [0.1, 0.15) is 17.2 Å². The van der Waals surface area contributed by atoms with Crippen LogP contribution in [0.1, 0.15) is 31.4 Å². The average molecular weight is 299 g/mol. The van der Waals surface area contributed by atoms with Gasteiger partial charge in [-0.15, -0.1) is 0 Å². The second-order valence-corrected chi connectivity index (χ2v) is 6.07. The number of rotatable bonds is 4. The van der Waals surface area contributed by atoms with Crippen LogP contribution in [0.5, 0.6) is 0 Å². The number of nitrogens with zero attached hydrogens (tertiary/aromatic N) is 5. The predicted molar refractivity (Wildman–Crippen MR) is 84.2 cm³/mol. The zero-order valence-corrected chi connectivity index (χ0v) is 13.1. The Kier molecular flexibility index (Phi) is 3.88. The van der Waals surface area contributed by atoms with Gasteiger partial charge in [-0.2, -0.15) is 5.10 Å². The highest BCUT2D eigenvalue weighted by atomic mass is 32.2. The third-order valence-electron chi connectivity index (χ3n) is 3.18. The Morgan fingerprint density at radius 1 is 1.14 bits per heavy atom. The molecule has 21 heavy (non-hydrogen) atoms. The van der Waals surface area contributed by atoms with E-state index in [2.05, 4.69) is 28.9 Å². The first-order valence-corrected chi connectivity index (χ1v) is 7.88. The summed E-state index contributed by atoms with van der Waals surface area (Å²) in [6.45, 7) is 6.20. The Hall–Kier alpha value is -1.95. The quantitative estimate of drug-likeness (QED) is 0.691. The summed E-state index contributed by atoms with van der Waals surface area (Å²) in [4.78, 5) is 13.6. The summed E-state index contributed by atoms with van der Waals surface area (Å²) in [6.07, 6.45) is 1.61. The number of fused-ring (bicyclic) bond motifs is 1. The van der Waals surface area contributed by atoms with Gasteiger partial charge in [-0.05, 0) is 32.9 Å². The fourth-order valence-electron chi connectivity index (χ4n) is 2.15. The second-order valence-electron chi connectivity index (χ2n) is 5.11. The van der Waals surface area contributed by atoms with E-state index in [1.165, 1.54) is 0 Å². The first-order chi connectivity index (χ1) is 10.1. The highest BCUT2D eigenvalue weighted by molar-refractivity contribution is 7.98. The number of benzene rings is 1. The van der Waals surface area contributed by atoms with Crippen LogP contribution in [0.15, 0.2) is 35.6 Å². The molecule has 1 aromatic carbocycles. The Morgan fingerprint density at radius 3 is 2.57 bits per heavy atom. The van der Waals surface area contributed by atoms with Crippen molar-refractivity contribution in [3.05, 3.63) is 42.1 Å². The van der Waals surface area contributed by atoms with E-state index < -0.39 is 0 Å². The maximum atomic E-state index is 4.69. The number of hydrogen-bond donors (Lipinski definition) is 0. The predicted octanol–water partition coefficient (Wildman–Crippen LogP) is 3.40. The van der Waals surface area contributed by atoms with Gasteiger partial charge in [-0.1, -0.05) is 23.9 Å². The topological polar surface area (TPSA) is 56.5 Å². The molecular formula is C15H17N5S. The van der Waals surface area contributed by atoms with Crippen molar-refractivity contribution in [3.63, 3.8) is 0 Å². The number of aromatic nitrogens is 5. The Balaban J connectivity index is 1.85. The lowest BCUT2D eigenvalue weighted by molar-refractivity contribution is 0.514. The van der Waals surface area contributed by atoms with Crippen LogP contribution in [0.2, 0.25) is 0 Å². The van der Waals surface area contributed by atoms with Crippen LogP contribution in [0, 0.1) is 6.92 Å². The fraction of sp³-hybridized carbons (Fsp3) is 0.333. The van der Waals surface area contributed by atoms with Crippen LogP contribution >= 0.6 is 11.8 Å². The molecule has 2 heterocycles. The molecule has 0 aliphatic heterocycles. The molecule has 0 aliphatic rings. The van der Waals surface area contributed by atoms with Gasteiger partial charge in [0.2, 0.25) is 0 Å². The van der Waals surface area contributed by atoms with Crippen molar-refractivity contribution >= 4 is 22.8 Å². The highest BCUT2D eigenvalue weighted by Gasteiger charge is 2.11. The molecule has 5 nitrogen and oxygen atoms in total. The maximum Gasteiger partial charge on any atom is 0.138 e. The summed E-state index contributed by atoms with van der Waals surface area (Å²) in [5, 5.41) is 5.21. The summed E-state index contributed by atoms with van der Waals surface area (Å²) in [7, 11) is 0. The smallest absolute Gasteiger partial charge is 0.138 e. The van der Waals surface area contributed by atoms with Gasteiger partial charge in [0.25, 0.3) is 0 Å². The Bertz CT molecular complexity index is 766. The monoisotopic (exact) mass is 299 g/mol. The molecule has 0 amide bonds. The van der Waals surface area contributed by atoms with Gasteiger partial charge < -0.3 is 0 Å². The van der Waals surface area contributed by atoms with E-state index >= 15 is 0 Å². The van der Waals surface area contributed by atoms with E-state index in [0.29, 0.717) is 6.04 Å². The molecule has 6 heteroatoms. The lowest BCUT2D eigenvalue weighted by Gasteiger charge is -2.09. The van der Waals surface area contributed by atoms with Crippen LogP contribution in [0.3, 0.4) is 0 Å². The van der Waals surface area contributed by atoms with E-state index in [-0.39, 0.29) is 0 Å². The van der Waals surface area contributed by atoms with Crippen molar-refractivity contribution < 1.29 is 0 Å². The third kappa shape index (κ3) is 2.90. The molecule has 0 N–H and O–H groups in total. The number of para-hydroxylation sites is 2. The first-order valence-electron chi connectivity index (χ1n) is 6.89. The van der Waals surface area contributed by atoms with Gasteiger partial charge >= 0.3 is 0 Å². The number of hydrogen-bond acceptors (Lipinski definition) is 5. The zero-order valence-electron chi connectivity index (χ0n) is 12.3. The molecule has 3 aromatic rings. The molecule has 3 rings (SSSR count). The van der Waals surface area contributed by atoms with Gasteiger partial charge in [0, 0.05) is 6.04 Å². The highest BCUT2D eigenvalue weighted by Crippen LogP contribution is 2.25. The van der Waals surface area contributed by atoms with Crippen molar-refractivity contribution in [1.82, 2.24) is 24.7 Å². The van der Waals surface area contributed by atoms with Crippen molar-refractivity contribution in [3.8, 4) is 0 Å². The van der Waals surface area contributed by atoms with E-state index in [1.54, 1.807) is 18.1 Å². The van der Waals surface area contributed by atoms with E-state index in [9.17, 15) is 0 Å². The zero-order chi connectivity index (χ0) is 14.8. The minimum atomic E-state index is 0.312. The largest absolute Gasteiger partial charge is 0.249 e. The van der Waals surface area contributed by atoms with E-state index in [1.807, 2.05) is 35.9 Å². The molecule has 0 fully saturated rings. The van der Waals surface area contributed by atoms with Crippen LogP contribution in [-0.4, -0.2) is 24.7 Å². The Labute approximate surface area is 127 Å². The summed E-state index contributed by atoms with van der Waals surface area (Å²) >= 11 is 1.65. The van der Waals surface area contributed by atoms with E-state index in [0.717, 1.165) is 33.3 Å². The van der Waals surface area contributed by atoms with Crippen molar-refractivity contribution in [1.29, 1.82) is 0 Å². The molecule has 0 bridgehead atoms. The number of aryl methyl sites for hydroxylation is 1. The van der Waals surface area contributed by atoms with Crippen molar-refractivity contribution in [2.75, 3.05) is 0 Å². The summed E-state index contributed by atoms with van der Waals surface area (Å²) in [5.41, 5.74) is 2.81. The van der Waals surface area contributed by atoms with Gasteiger partial charge in [-0.3, -0.25) is 0 Å². The summed E-state index contributed by atoms with van der Waals surface area (Å²) < 4.78 is 1.94. The molecule has 0 aliphatic carbocycles. The first kappa shape index (κ1) is 14.0. The van der Waals surface area contributed by atoms with Crippen LogP contribution < -0.4 is 0 Å². The molecule has 0 saturated carbocycles. The summed E-state index contributed by atoms with van der Waals surface area (Å²) in [6, 6.07) is 8.25. The lowest BCUT2D eigenvalue weighted by Crippen LogP contribution is -2.07. The molecule has 0 saturated heterocycles. The minimum Gasteiger partial charge on any atom is -0.249 e. The van der Waals surface area contributed by atoms with Gasteiger partial charge in [0.05, 0.1) is 22.5 Å². The molecule has 108 valence electrons. The Morgan fingerprint density at radius 2 is 1.86 bits per heavy atom. The molecule has 0 unspecified atom stereocenters. The fourth-order valence-corrected chi connectivity index (χ4v) is 3.04. The average Bonchev–Trinajstić information content (AvgIpc) is 2.93. The maximum absolute atomic E-state index is 4.69. The molecule has 0 spiro atoms. The van der Waals surface area contributed by atoms with Crippen molar-refractivity contribution in [2.45, 2.75) is 37.6 Å². The minimum absolute atomic E-state index is 0.312. The van der Waals surface area contributed by atoms with Crippen LogP contribution in [-0.2, 0) is 5.75 Å². The normalized spacial score (nSPS) is 11.4. The number of thioether (sulfide) groups is 1. The SMILES string of the molecule is Cc1nc2ccccc2nc1SCc1ncnn1C(C)C. The summed E-state index contributed by atoms with van der Waals surface area (Å²) in [5.74, 6) is 1.70. The molecule has 0 atom stereocenters. The third-order valence-corrected chi connectivity index (χ3v) is 4.24. The van der Waals surface area contributed by atoms with Gasteiger partial charge in [-0.25, -0.2) is 19.6 Å². The standard InChI is InChI=1S/C15H17N5S/c1-10(2)20-14(16-9-17-20)8-21-15-11(3)18-12-6-4-5-7-13(12)19-15/h4-7,9-10H,8H2,1-3H3. The second kappa shape index (κ2) is 5.81. The van der Waals surface area contributed by atoms with Gasteiger partial charge in [0.15, 0.2) is 0 Å². The molecule has 0 radical (unpaired) electrons. The molecular weight excluding hydrogens is 282 g/mol. The molecule has 2 aromatic heterocycles. The van der Waals surface area contributed by atoms with Crippen LogP contribution in [0.4, 0.5) is 0 Å².